The van der Waals surface area contributed by atoms with E-state index in [-0.39, 0.29) is 0 Å². The highest BCUT2D eigenvalue weighted by molar-refractivity contribution is 7.29. The monoisotopic (exact) mass is 388 g/mol. The van der Waals surface area contributed by atoms with Gasteiger partial charge < -0.3 is 0 Å². The Morgan fingerprint density at radius 2 is 0.724 bits per heavy atom. The molecule has 1 atom stereocenters. The molecule has 29 heavy (non-hydrogen) atoms. The second-order valence-corrected chi connectivity index (χ2v) is 7.76. The van der Waals surface area contributed by atoms with Crippen molar-refractivity contribution in [2.75, 3.05) is 0 Å². The third-order valence-electron chi connectivity index (χ3n) is 5.44. The molecule has 0 saturated carbocycles. The van der Waals surface area contributed by atoms with Gasteiger partial charge in [-0.3, -0.25) is 0 Å². The molecular formula is C28H21P. The fourth-order valence-electron chi connectivity index (χ4n) is 4.17. The fraction of sp³-hybridized carbons (Fsp3) is 0. The molecule has 5 rings (SSSR count). The lowest BCUT2D eigenvalue weighted by molar-refractivity contribution is 1.60. The van der Waals surface area contributed by atoms with E-state index < -0.39 is 0 Å². The predicted molar refractivity (Wildman–Crippen MR) is 130 cm³/mol. The van der Waals surface area contributed by atoms with Gasteiger partial charge in [0.25, 0.3) is 0 Å². The van der Waals surface area contributed by atoms with Crippen molar-refractivity contribution in [3.8, 4) is 33.4 Å². The van der Waals surface area contributed by atoms with E-state index in [9.17, 15) is 0 Å². The minimum Gasteiger partial charge on any atom is -0.104 e. The molecule has 0 radical (unpaired) electrons. The van der Waals surface area contributed by atoms with Crippen molar-refractivity contribution < 1.29 is 0 Å². The van der Waals surface area contributed by atoms with Gasteiger partial charge in [0.15, 0.2) is 0 Å². The van der Waals surface area contributed by atoms with Crippen molar-refractivity contribution in [2.24, 2.45) is 0 Å². The van der Waals surface area contributed by atoms with E-state index in [1.54, 1.807) is 0 Å². The first-order chi connectivity index (χ1) is 14.3. The molecule has 0 nitrogen and oxygen atoms in total. The molecule has 0 bridgehead atoms. The molecule has 0 saturated heterocycles. The summed E-state index contributed by atoms with van der Waals surface area (Å²) in [7, 11) is 3.02. The van der Waals surface area contributed by atoms with Crippen LogP contribution >= 0.6 is 9.24 Å². The third-order valence-corrected chi connectivity index (χ3v) is 6.04. The van der Waals surface area contributed by atoms with Gasteiger partial charge in [-0.1, -0.05) is 115 Å². The van der Waals surface area contributed by atoms with Gasteiger partial charge in [0.1, 0.15) is 0 Å². The first kappa shape index (κ1) is 17.9. The summed E-state index contributed by atoms with van der Waals surface area (Å²) in [4.78, 5) is 0. The SMILES string of the molecule is Pc1c(-c2ccccc2)c(-c2ccccc2)c(-c2ccccc2)c2ccccc12. The number of benzene rings is 5. The molecule has 1 unspecified atom stereocenters. The van der Waals surface area contributed by atoms with Crippen molar-refractivity contribution in [3.63, 3.8) is 0 Å². The second-order valence-electron chi connectivity index (χ2n) is 7.18. The first-order valence-corrected chi connectivity index (χ1v) is 10.4. The maximum Gasteiger partial charge on any atom is -0.00141 e. The molecule has 0 spiro atoms. The number of rotatable bonds is 3. The molecule has 5 aromatic carbocycles. The summed E-state index contributed by atoms with van der Waals surface area (Å²) in [5.41, 5.74) is 7.56. The zero-order chi connectivity index (χ0) is 19.6. The van der Waals surface area contributed by atoms with E-state index in [2.05, 4.69) is 125 Å². The van der Waals surface area contributed by atoms with Crippen LogP contribution in [0.25, 0.3) is 44.2 Å². The highest BCUT2D eigenvalue weighted by Crippen LogP contribution is 2.44. The Labute approximate surface area is 174 Å². The topological polar surface area (TPSA) is 0 Å². The second kappa shape index (κ2) is 7.66. The molecule has 138 valence electrons. The van der Waals surface area contributed by atoms with E-state index in [0.717, 1.165) is 0 Å². The smallest absolute Gasteiger partial charge is 0.00141 e. The van der Waals surface area contributed by atoms with E-state index in [4.69, 9.17) is 0 Å². The summed E-state index contributed by atoms with van der Waals surface area (Å²) in [5, 5.41) is 3.79. The Morgan fingerprint density at radius 3 is 1.24 bits per heavy atom. The Balaban J connectivity index is 2.02. The number of hydrogen-bond donors (Lipinski definition) is 0. The average Bonchev–Trinajstić information content (AvgIpc) is 2.81. The molecule has 0 heterocycles. The minimum atomic E-state index is 1.24. The summed E-state index contributed by atoms with van der Waals surface area (Å²) in [6, 6.07) is 41.0. The van der Waals surface area contributed by atoms with Gasteiger partial charge in [-0.15, -0.1) is 9.24 Å². The summed E-state index contributed by atoms with van der Waals surface area (Å²) >= 11 is 0. The summed E-state index contributed by atoms with van der Waals surface area (Å²) < 4.78 is 0. The van der Waals surface area contributed by atoms with Gasteiger partial charge in [0, 0.05) is 0 Å². The minimum absolute atomic E-state index is 1.24. The van der Waals surface area contributed by atoms with Gasteiger partial charge in [0.05, 0.1) is 0 Å². The summed E-state index contributed by atoms with van der Waals surface area (Å²) in [6.45, 7) is 0. The average molecular weight is 388 g/mol. The lowest BCUT2D eigenvalue weighted by atomic mass is 9.84. The molecule has 0 aliphatic rings. The molecule has 0 amide bonds. The molecular weight excluding hydrogens is 367 g/mol. The highest BCUT2D eigenvalue weighted by atomic mass is 31.0. The Bertz CT molecular complexity index is 1270. The van der Waals surface area contributed by atoms with Gasteiger partial charge in [-0.05, 0) is 49.5 Å². The summed E-state index contributed by atoms with van der Waals surface area (Å²) in [6.07, 6.45) is 0. The Morgan fingerprint density at radius 1 is 0.345 bits per heavy atom. The lowest BCUT2D eigenvalue weighted by Crippen LogP contribution is -2.05. The zero-order valence-electron chi connectivity index (χ0n) is 16.0. The molecule has 0 aromatic heterocycles. The van der Waals surface area contributed by atoms with Gasteiger partial charge in [-0.25, -0.2) is 0 Å². The highest BCUT2D eigenvalue weighted by Gasteiger charge is 2.20. The van der Waals surface area contributed by atoms with Crippen LogP contribution in [-0.4, -0.2) is 0 Å². The number of fused-ring (bicyclic) bond motifs is 1. The van der Waals surface area contributed by atoms with E-state index >= 15 is 0 Å². The molecule has 0 fully saturated rings. The molecule has 0 aliphatic heterocycles. The van der Waals surface area contributed by atoms with Crippen LogP contribution in [0.4, 0.5) is 0 Å². The van der Waals surface area contributed by atoms with Crippen LogP contribution in [0.15, 0.2) is 115 Å². The number of hydrogen-bond acceptors (Lipinski definition) is 0. The normalized spacial score (nSPS) is 10.9. The molecule has 5 aromatic rings. The van der Waals surface area contributed by atoms with Crippen LogP contribution < -0.4 is 5.30 Å². The van der Waals surface area contributed by atoms with Crippen molar-refractivity contribution in [1.29, 1.82) is 0 Å². The maximum absolute atomic E-state index is 3.02. The van der Waals surface area contributed by atoms with Crippen LogP contribution in [0.1, 0.15) is 0 Å². The quantitative estimate of drug-likeness (QED) is 0.284. The molecule has 1 heteroatoms. The molecule has 0 aliphatic carbocycles. The van der Waals surface area contributed by atoms with Crippen molar-refractivity contribution in [3.05, 3.63) is 115 Å². The molecule has 0 N–H and O–H groups in total. The first-order valence-electron chi connectivity index (χ1n) is 9.85. The van der Waals surface area contributed by atoms with Crippen LogP contribution in [-0.2, 0) is 0 Å². The van der Waals surface area contributed by atoms with Crippen molar-refractivity contribution in [1.82, 2.24) is 0 Å². The maximum atomic E-state index is 3.02. The van der Waals surface area contributed by atoms with E-state index in [1.807, 2.05) is 0 Å². The third kappa shape index (κ3) is 3.16. The summed E-state index contributed by atoms with van der Waals surface area (Å²) in [5.74, 6) is 0. The van der Waals surface area contributed by atoms with Crippen LogP contribution in [0.2, 0.25) is 0 Å². The largest absolute Gasteiger partial charge is 0.104 e. The van der Waals surface area contributed by atoms with Crippen LogP contribution in [0.5, 0.6) is 0 Å². The predicted octanol–water partition coefficient (Wildman–Crippen LogP) is 7.34. The lowest BCUT2D eigenvalue weighted by Gasteiger charge is -2.22. The van der Waals surface area contributed by atoms with Crippen molar-refractivity contribution in [2.45, 2.75) is 0 Å². The Hall–Kier alpha value is -3.21. The standard InChI is InChI=1S/C28H21P/c29-28-24-19-11-10-18-23(24)25(20-12-4-1-5-13-20)26(21-14-6-2-7-15-21)27(28)22-16-8-3-9-17-22/h1-19H,29H2. The van der Waals surface area contributed by atoms with Crippen LogP contribution in [0.3, 0.4) is 0 Å². The van der Waals surface area contributed by atoms with E-state index in [1.165, 1.54) is 49.5 Å². The van der Waals surface area contributed by atoms with E-state index in [0.29, 0.717) is 0 Å². The van der Waals surface area contributed by atoms with Gasteiger partial charge >= 0.3 is 0 Å². The fourth-order valence-corrected chi connectivity index (χ4v) is 4.73. The zero-order valence-corrected chi connectivity index (χ0v) is 17.2. The van der Waals surface area contributed by atoms with Gasteiger partial charge in [-0.2, -0.15) is 0 Å². The van der Waals surface area contributed by atoms with Crippen molar-refractivity contribution >= 4 is 25.3 Å². The van der Waals surface area contributed by atoms with Gasteiger partial charge in [0.2, 0.25) is 0 Å². The Kier molecular flexibility index (Phi) is 4.72. The van der Waals surface area contributed by atoms with Crippen LogP contribution in [0, 0.1) is 0 Å².